The molecule has 1 saturated carbocycles. The predicted molar refractivity (Wildman–Crippen MR) is 56.7 cm³/mol. The van der Waals surface area contributed by atoms with Gasteiger partial charge in [-0.2, -0.15) is 0 Å². The lowest BCUT2D eigenvalue weighted by molar-refractivity contribution is -0.143. The van der Waals surface area contributed by atoms with Gasteiger partial charge in [0.2, 0.25) is 0 Å². The van der Waals surface area contributed by atoms with Gasteiger partial charge in [-0.15, -0.1) is 0 Å². The minimum atomic E-state index is -0.233. The van der Waals surface area contributed by atoms with Crippen LogP contribution in [-0.2, 0) is 16.0 Å². The number of hydrogen-bond acceptors (Lipinski definition) is 4. The summed E-state index contributed by atoms with van der Waals surface area (Å²) < 4.78 is 4.79. The zero-order valence-corrected chi connectivity index (χ0v) is 9.19. The Balaban J connectivity index is 1.88. The van der Waals surface area contributed by atoms with Crippen molar-refractivity contribution >= 4 is 5.97 Å². The summed E-state index contributed by atoms with van der Waals surface area (Å²) in [6, 6.07) is -0.0114. The van der Waals surface area contributed by atoms with Crippen molar-refractivity contribution in [2.24, 2.45) is 5.92 Å². The maximum Gasteiger partial charge on any atom is 0.323 e. The van der Waals surface area contributed by atoms with Gasteiger partial charge >= 0.3 is 5.97 Å². The van der Waals surface area contributed by atoms with E-state index in [9.17, 15) is 4.79 Å². The third-order valence-corrected chi connectivity index (χ3v) is 3.41. The Morgan fingerprint density at radius 3 is 3.06 bits per heavy atom. The van der Waals surface area contributed by atoms with Crippen LogP contribution in [0.3, 0.4) is 0 Å². The second-order valence-corrected chi connectivity index (χ2v) is 4.53. The largest absolute Gasteiger partial charge is 0.468 e. The number of nitrogens with zero attached hydrogens (tertiary/aromatic N) is 1. The highest BCUT2D eigenvalue weighted by Gasteiger charge is 2.41. The van der Waals surface area contributed by atoms with Crippen molar-refractivity contribution in [2.45, 2.75) is 31.3 Å². The Kier molecular flexibility index (Phi) is 2.21. The number of aromatic nitrogens is 2. The van der Waals surface area contributed by atoms with Crippen LogP contribution in [0.4, 0.5) is 0 Å². The molecule has 5 nitrogen and oxygen atoms in total. The van der Waals surface area contributed by atoms with Crippen LogP contribution in [0, 0.1) is 5.92 Å². The molecular weight excluding hydrogens is 206 g/mol. The van der Waals surface area contributed by atoms with Gasteiger partial charge < -0.3 is 9.72 Å². The number of imidazole rings is 1. The molecule has 2 aliphatic rings. The Morgan fingerprint density at radius 2 is 2.38 bits per heavy atom. The number of ether oxygens (including phenoxy) is 1. The lowest BCUT2D eigenvalue weighted by Crippen LogP contribution is -2.46. The van der Waals surface area contributed by atoms with Crippen LogP contribution in [0.25, 0.3) is 0 Å². The van der Waals surface area contributed by atoms with Crippen molar-refractivity contribution in [3.05, 3.63) is 17.7 Å². The monoisotopic (exact) mass is 221 g/mol. The van der Waals surface area contributed by atoms with Crippen LogP contribution in [0.5, 0.6) is 0 Å². The zero-order valence-electron chi connectivity index (χ0n) is 9.19. The summed E-state index contributed by atoms with van der Waals surface area (Å²) in [4.78, 5) is 19.0. The number of carbonyl (C=O) groups excluding carboxylic acids is 1. The van der Waals surface area contributed by atoms with E-state index in [-0.39, 0.29) is 18.1 Å². The van der Waals surface area contributed by atoms with Crippen LogP contribution < -0.4 is 5.32 Å². The van der Waals surface area contributed by atoms with E-state index in [4.69, 9.17) is 4.74 Å². The smallest absolute Gasteiger partial charge is 0.323 e. The van der Waals surface area contributed by atoms with Crippen LogP contribution in [0.15, 0.2) is 6.33 Å². The summed E-state index contributed by atoms with van der Waals surface area (Å²) in [7, 11) is 1.43. The van der Waals surface area contributed by atoms with Crippen LogP contribution >= 0.6 is 0 Å². The number of nitrogens with one attached hydrogen (secondary N) is 2. The highest BCUT2D eigenvalue weighted by Crippen LogP contribution is 2.43. The zero-order chi connectivity index (χ0) is 11.1. The molecule has 16 heavy (non-hydrogen) atoms. The Bertz CT molecular complexity index is 411. The number of carbonyl (C=O) groups is 1. The minimum absolute atomic E-state index is 0.189. The average Bonchev–Trinajstić information content (AvgIpc) is 3.04. The molecule has 0 aromatic carbocycles. The highest BCUT2D eigenvalue weighted by atomic mass is 16.5. The Morgan fingerprint density at radius 1 is 1.56 bits per heavy atom. The van der Waals surface area contributed by atoms with Crippen molar-refractivity contribution in [3.8, 4) is 0 Å². The van der Waals surface area contributed by atoms with Gasteiger partial charge in [-0.25, -0.2) is 4.98 Å². The van der Waals surface area contributed by atoms with Crippen LogP contribution in [-0.4, -0.2) is 29.1 Å². The van der Waals surface area contributed by atoms with Crippen molar-refractivity contribution in [1.29, 1.82) is 0 Å². The molecule has 1 aliphatic heterocycles. The third kappa shape index (κ3) is 1.51. The molecular formula is C11H15N3O2. The van der Waals surface area contributed by atoms with Gasteiger partial charge in [0.15, 0.2) is 0 Å². The highest BCUT2D eigenvalue weighted by molar-refractivity contribution is 5.76. The molecule has 1 fully saturated rings. The molecule has 0 bridgehead atoms. The number of methoxy groups -OCH3 is 1. The molecule has 5 heteroatoms. The lowest BCUT2D eigenvalue weighted by atomic mass is 9.96. The minimum Gasteiger partial charge on any atom is -0.468 e. The van der Waals surface area contributed by atoms with Crippen molar-refractivity contribution < 1.29 is 9.53 Å². The second-order valence-electron chi connectivity index (χ2n) is 4.53. The molecule has 1 aliphatic carbocycles. The fourth-order valence-corrected chi connectivity index (χ4v) is 2.40. The average molecular weight is 221 g/mol. The van der Waals surface area contributed by atoms with Gasteiger partial charge in [-0.05, 0) is 18.8 Å². The van der Waals surface area contributed by atoms with Crippen molar-refractivity contribution in [1.82, 2.24) is 15.3 Å². The molecule has 3 rings (SSSR count). The Labute approximate surface area is 93.6 Å². The lowest BCUT2D eigenvalue weighted by Gasteiger charge is -2.28. The number of rotatable bonds is 2. The number of fused-ring (bicyclic) bond motifs is 1. The molecule has 0 saturated heterocycles. The topological polar surface area (TPSA) is 67.0 Å². The van der Waals surface area contributed by atoms with E-state index in [0.717, 1.165) is 11.4 Å². The summed E-state index contributed by atoms with van der Waals surface area (Å²) in [6.07, 6.45) is 4.79. The third-order valence-electron chi connectivity index (χ3n) is 3.41. The quantitative estimate of drug-likeness (QED) is 0.716. The van der Waals surface area contributed by atoms with Gasteiger partial charge in [0.25, 0.3) is 0 Å². The van der Waals surface area contributed by atoms with Gasteiger partial charge in [0.05, 0.1) is 25.2 Å². The van der Waals surface area contributed by atoms with E-state index < -0.39 is 0 Å². The summed E-state index contributed by atoms with van der Waals surface area (Å²) >= 11 is 0. The summed E-state index contributed by atoms with van der Waals surface area (Å²) in [6.45, 7) is 0. The summed E-state index contributed by atoms with van der Waals surface area (Å²) in [5.41, 5.74) is 2.16. The first-order valence-electron chi connectivity index (χ1n) is 5.65. The maximum absolute atomic E-state index is 11.6. The number of hydrogen-bond donors (Lipinski definition) is 2. The number of esters is 1. The molecule has 0 radical (unpaired) electrons. The van der Waals surface area contributed by atoms with Crippen molar-refractivity contribution in [3.63, 3.8) is 0 Å². The predicted octanol–water partition coefficient (Wildman–Crippen LogP) is 0.548. The fraction of sp³-hybridized carbons (Fsp3) is 0.636. The molecule has 0 amide bonds. The number of aromatic amines is 1. The molecule has 2 atom stereocenters. The molecule has 2 N–H and O–H groups in total. The maximum atomic E-state index is 11.6. The van der Waals surface area contributed by atoms with Gasteiger partial charge in [0, 0.05) is 12.1 Å². The van der Waals surface area contributed by atoms with Gasteiger partial charge in [-0.1, -0.05) is 0 Å². The molecule has 1 unspecified atom stereocenters. The van der Waals surface area contributed by atoms with E-state index in [2.05, 4.69) is 15.3 Å². The normalized spacial score (nSPS) is 28.6. The van der Waals surface area contributed by atoms with Crippen molar-refractivity contribution in [2.75, 3.05) is 7.11 Å². The standard InChI is InChI=1S/C11H15N3O2/c1-16-11(15)8-4-7-10(13-5-12-7)9(14-8)6-2-3-6/h5-6,8-9,14H,2-4H2,1H3,(H,12,13)/t8-,9?/m1/s1. The van der Waals surface area contributed by atoms with E-state index >= 15 is 0 Å². The van der Waals surface area contributed by atoms with Crippen LogP contribution in [0.2, 0.25) is 0 Å². The summed E-state index contributed by atoms with van der Waals surface area (Å²) in [5.74, 6) is 0.445. The van der Waals surface area contributed by atoms with Gasteiger partial charge in [-0.3, -0.25) is 10.1 Å². The molecule has 1 aromatic heterocycles. The van der Waals surface area contributed by atoms with E-state index in [1.54, 1.807) is 6.33 Å². The SMILES string of the molecule is COC(=O)[C@H]1Cc2[nH]cnc2C(C2CC2)N1. The van der Waals surface area contributed by atoms with Crippen LogP contribution in [0.1, 0.15) is 30.3 Å². The van der Waals surface area contributed by atoms with E-state index in [1.165, 1.54) is 20.0 Å². The summed E-state index contributed by atoms with van der Waals surface area (Å²) in [5, 5.41) is 3.35. The first-order chi connectivity index (χ1) is 7.79. The number of H-pyrrole nitrogens is 1. The van der Waals surface area contributed by atoms with E-state index in [0.29, 0.717) is 12.3 Å². The first-order valence-corrected chi connectivity index (χ1v) is 5.65. The second kappa shape index (κ2) is 3.59. The molecule has 86 valence electrons. The molecule has 0 spiro atoms. The van der Waals surface area contributed by atoms with E-state index in [1.807, 2.05) is 0 Å². The van der Waals surface area contributed by atoms with Gasteiger partial charge in [0.1, 0.15) is 6.04 Å². The molecule has 1 aromatic rings. The first kappa shape index (κ1) is 9.84. The molecule has 2 heterocycles. The Hall–Kier alpha value is -1.36. The fourth-order valence-electron chi connectivity index (χ4n) is 2.40.